The van der Waals surface area contributed by atoms with E-state index >= 15 is 0 Å². The molecule has 0 amide bonds. The topological polar surface area (TPSA) is 71.2 Å². The minimum absolute atomic E-state index is 0.128. The number of aliphatic hydroxyl groups excluding tert-OH is 1. The van der Waals surface area contributed by atoms with E-state index in [1.165, 1.54) is 0 Å². The molecule has 2 rings (SSSR count). The summed E-state index contributed by atoms with van der Waals surface area (Å²) in [5.41, 5.74) is 0.861. The van der Waals surface area contributed by atoms with Crippen molar-refractivity contribution in [3.05, 3.63) is 72.1 Å². The number of Topliss-reactive ketones (excluding diaryl/α,β-unsaturated/α-hetero) is 1. The van der Waals surface area contributed by atoms with Gasteiger partial charge in [-0.05, 0) is 24.3 Å². The van der Waals surface area contributed by atoms with Crippen molar-refractivity contribution in [3.8, 4) is 5.75 Å². The van der Waals surface area contributed by atoms with E-state index in [2.05, 4.69) is 10.2 Å². The zero-order chi connectivity index (χ0) is 15.1. The molecule has 0 aliphatic carbocycles. The van der Waals surface area contributed by atoms with Gasteiger partial charge in [0.25, 0.3) is 0 Å². The number of methoxy groups -OCH3 is 1. The SMILES string of the molecule is COc1ccc(N=NC(=CO)C(=O)c2ccccc2)cc1. The number of carbonyl (C=O) groups excluding carboxylic acids is 1. The van der Waals surface area contributed by atoms with Crippen molar-refractivity contribution in [1.82, 2.24) is 0 Å². The molecule has 0 heterocycles. The number of hydrogen-bond donors (Lipinski definition) is 1. The summed E-state index contributed by atoms with van der Waals surface area (Å²) < 4.78 is 5.03. The zero-order valence-corrected chi connectivity index (χ0v) is 11.4. The summed E-state index contributed by atoms with van der Waals surface area (Å²) in [5, 5.41) is 16.9. The van der Waals surface area contributed by atoms with Crippen LogP contribution >= 0.6 is 0 Å². The van der Waals surface area contributed by atoms with E-state index in [9.17, 15) is 4.79 Å². The van der Waals surface area contributed by atoms with E-state index in [0.717, 1.165) is 0 Å². The second-order valence-corrected chi connectivity index (χ2v) is 4.11. The lowest BCUT2D eigenvalue weighted by Gasteiger charge is -2.00. The zero-order valence-electron chi connectivity index (χ0n) is 11.4. The van der Waals surface area contributed by atoms with Crippen molar-refractivity contribution < 1.29 is 14.6 Å². The molecule has 0 atom stereocenters. The van der Waals surface area contributed by atoms with E-state index in [1.54, 1.807) is 61.7 Å². The molecule has 0 aliphatic heterocycles. The van der Waals surface area contributed by atoms with E-state index < -0.39 is 5.78 Å². The van der Waals surface area contributed by atoms with Gasteiger partial charge in [-0.2, -0.15) is 5.11 Å². The fraction of sp³-hybridized carbons (Fsp3) is 0.0625. The number of carbonyl (C=O) groups is 1. The third kappa shape index (κ3) is 3.76. The molecule has 2 aromatic rings. The first-order valence-corrected chi connectivity index (χ1v) is 6.24. The molecule has 21 heavy (non-hydrogen) atoms. The summed E-state index contributed by atoms with van der Waals surface area (Å²) in [5.74, 6) is 0.308. The molecule has 106 valence electrons. The summed E-state index contributed by atoms with van der Waals surface area (Å²) in [7, 11) is 1.57. The molecular formula is C16H14N2O3. The number of benzene rings is 2. The van der Waals surface area contributed by atoms with Crippen LogP contribution in [-0.4, -0.2) is 18.0 Å². The molecule has 0 fully saturated rings. The Morgan fingerprint density at radius 3 is 2.33 bits per heavy atom. The van der Waals surface area contributed by atoms with Crippen LogP contribution in [0.3, 0.4) is 0 Å². The number of aliphatic hydroxyl groups is 1. The molecule has 1 N–H and O–H groups in total. The van der Waals surface area contributed by atoms with Crippen molar-refractivity contribution in [1.29, 1.82) is 0 Å². The smallest absolute Gasteiger partial charge is 0.216 e. The van der Waals surface area contributed by atoms with Crippen LogP contribution in [0.5, 0.6) is 5.75 Å². The molecule has 0 aliphatic rings. The van der Waals surface area contributed by atoms with Crippen molar-refractivity contribution in [2.24, 2.45) is 10.2 Å². The monoisotopic (exact) mass is 282 g/mol. The first-order valence-electron chi connectivity index (χ1n) is 6.24. The Hall–Kier alpha value is -2.95. The van der Waals surface area contributed by atoms with E-state index in [1.807, 2.05) is 0 Å². The van der Waals surface area contributed by atoms with E-state index in [-0.39, 0.29) is 5.70 Å². The minimum atomic E-state index is -0.393. The molecule has 5 heteroatoms. The third-order valence-corrected chi connectivity index (χ3v) is 2.74. The number of nitrogens with zero attached hydrogens (tertiary/aromatic N) is 2. The van der Waals surface area contributed by atoms with Crippen LogP contribution < -0.4 is 4.74 Å². The van der Waals surface area contributed by atoms with Crippen LogP contribution in [0.1, 0.15) is 10.4 Å². The van der Waals surface area contributed by atoms with Gasteiger partial charge in [0.15, 0.2) is 5.70 Å². The predicted octanol–water partition coefficient (Wildman–Crippen LogP) is 4.06. The Kier molecular flexibility index (Phi) is 4.82. The molecule has 0 radical (unpaired) electrons. The van der Waals surface area contributed by atoms with Gasteiger partial charge in [0.1, 0.15) is 12.0 Å². The standard InChI is InChI=1S/C16H14N2O3/c1-21-14-9-7-13(8-10-14)17-18-15(11-19)16(20)12-5-3-2-4-6-12/h2-11,19H,1H3. The van der Waals surface area contributed by atoms with Crippen molar-refractivity contribution in [3.63, 3.8) is 0 Å². The lowest BCUT2D eigenvalue weighted by molar-refractivity contribution is 0.102. The first-order chi connectivity index (χ1) is 10.2. The van der Waals surface area contributed by atoms with Crippen LogP contribution in [0.2, 0.25) is 0 Å². The molecule has 2 aromatic carbocycles. The summed E-state index contributed by atoms with van der Waals surface area (Å²) in [6.07, 6.45) is 0.655. The Morgan fingerprint density at radius 2 is 1.76 bits per heavy atom. The van der Waals surface area contributed by atoms with Crippen molar-refractivity contribution in [2.75, 3.05) is 7.11 Å². The average Bonchev–Trinajstić information content (AvgIpc) is 2.56. The van der Waals surface area contributed by atoms with E-state index in [4.69, 9.17) is 9.84 Å². The highest BCUT2D eigenvalue weighted by Crippen LogP contribution is 2.19. The lowest BCUT2D eigenvalue weighted by Crippen LogP contribution is -2.00. The van der Waals surface area contributed by atoms with Gasteiger partial charge in [-0.3, -0.25) is 4.79 Å². The highest BCUT2D eigenvalue weighted by molar-refractivity contribution is 6.08. The molecule has 5 nitrogen and oxygen atoms in total. The van der Waals surface area contributed by atoms with Gasteiger partial charge in [0.05, 0.1) is 12.8 Å². The summed E-state index contributed by atoms with van der Waals surface area (Å²) in [6.45, 7) is 0. The van der Waals surface area contributed by atoms with Gasteiger partial charge in [0.2, 0.25) is 5.78 Å². The maximum Gasteiger partial charge on any atom is 0.216 e. The van der Waals surface area contributed by atoms with Crippen LogP contribution in [0.15, 0.2) is 76.8 Å². The third-order valence-electron chi connectivity index (χ3n) is 2.74. The number of allylic oxidation sites excluding steroid dienone is 1. The highest BCUT2D eigenvalue weighted by atomic mass is 16.5. The quantitative estimate of drug-likeness (QED) is 0.389. The van der Waals surface area contributed by atoms with Crippen LogP contribution in [-0.2, 0) is 0 Å². The van der Waals surface area contributed by atoms with Crippen LogP contribution in [0, 0.1) is 0 Å². The Balaban J connectivity index is 2.15. The molecule has 0 bridgehead atoms. The molecule has 0 unspecified atom stereocenters. The lowest BCUT2D eigenvalue weighted by atomic mass is 10.1. The second kappa shape index (κ2) is 7.00. The maximum atomic E-state index is 12.1. The van der Waals surface area contributed by atoms with Gasteiger partial charge in [0, 0.05) is 5.56 Å². The highest BCUT2D eigenvalue weighted by Gasteiger charge is 2.11. The summed E-state index contributed by atoms with van der Waals surface area (Å²) in [6, 6.07) is 15.4. The van der Waals surface area contributed by atoms with Gasteiger partial charge >= 0.3 is 0 Å². The first kappa shape index (κ1) is 14.5. The number of ether oxygens (including phenoxy) is 1. The normalized spacial score (nSPS) is 11.6. The van der Waals surface area contributed by atoms with Gasteiger partial charge in [-0.1, -0.05) is 30.3 Å². The number of azo groups is 1. The predicted molar refractivity (Wildman–Crippen MR) is 79.0 cm³/mol. The van der Waals surface area contributed by atoms with Gasteiger partial charge in [-0.15, -0.1) is 5.11 Å². The molecule has 0 saturated carbocycles. The molecular weight excluding hydrogens is 268 g/mol. The Morgan fingerprint density at radius 1 is 1.10 bits per heavy atom. The fourth-order valence-electron chi connectivity index (χ4n) is 1.63. The minimum Gasteiger partial charge on any atom is -0.513 e. The largest absolute Gasteiger partial charge is 0.513 e. The fourth-order valence-corrected chi connectivity index (χ4v) is 1.63. The van der Waals surface area contributed by atoms with Crippen molar-refractivity contribution >= 4 is 11.5 Å². The van der Waals surface area contributed by atoms with Crippen LogP contribution in [0.25, 0.3) is 0 Å². The second-order valence-electron chi connectivity index (χ2n) is 4.11. The molecule has 0 aromatic heterocycles. The van der Waals surface area contributed by atoms with Gasteiger partial charge < -0.3 is 9.84 Å². The van der Waals surface area contributed by atoms with Gasteiger partial charge in [-0.25, -0.2) is 0 Å². The number of hydrogen-bond acceptors (Lipinski definition) is 5. The Labute approximate surface area is 122 Å². The van der Waals surface area contributed by atoms with Crippen molar-refractivity contribution in [2.45, 2.75) is 0 Å². The number of rotatable bonds is 5. The average molecular weight is 282 g/mol. The van der Waals surface area contributed by atoms with Crippen LogP contribution in [0.4, 0.5) is 5.69 Å². The molecule has 0 saturated heterocycles. The summed E-state index contributed by atoms with van der Waals surface area (Å²) in [4.78, 5) is 12.1. The maximum absolute atomic E-state index is 12.1. The number of ketones is 1. The Bertz CT molecular complexity index is 662. The van der Waals surface area contributed by atoms with E-state index in [0.29, 0.717) is 23.3 Å². The summed E-state index contributed by atoms with van der Waals surface area (Å²) >= 11 is 0. The molecule has 0 spiro atoms.